The molecular weight excluding hydrogens is 997 g/mol. The number of carbonyl (C=O) groups is 3. The highest BCUT2D eigenvalue weighted by Gasteiger charge is 2.19. The van der Waals surface area contributed by atoms with Crippen LogP contribution in [0.3, 0.4) is 0 Å². The molecule has 0 aromatic rings. The van der Waals surface area contributed by atoms with Gasteiger partial charge in [-0.25, -0.2) is 0 Å². The van der Waals surface area contributed by atoms with Crippen LogP contribution in [0.15, 0.2) is 72.9 Å². The lowest BCUT2D eigenvalue weighted by molar-refractivity contribution is -0.166. The van der Waals surface area contributed by atoms with Crippen molar-refractivity contribution in [1.29, 1.82) is 0 Å². The van der Waals surface area contributed by atoms with Gasteiger partial charge < -0.3 is 14.2 Å². The van der Waals surface area contributed by atoms with E-state index in [1.165, 1.54) is 250 Å². The summed E-state index contributed by atoms with van der Waals surface area (Å²) in [6, 6.07) is 0. The molecular formula is C75H134O6. The Bertz CT molecular complexity index is 1490. The summed E-state index contributed by atoms with van der Waals surface area (Å²) in [7, 11) is 0. The summed E-state index contributed by atoms with van der Waals surface area (Å²) in [6.07, 6.45) is 91.1. The molecule has 0 saturated carbocycles. The van der Waals surface area contributed by atoms with Crippen LogP contribution >= 0.6 is 0 Å². The van der Waals surface area contributed by atoms with Crippen molar-refractivity contribution in [2.45, 2.75) is 374 Å². The van der Waals surface area contributed by atoms with Crippen LogP contribution in [0.2, 0.25) is 0 Å². The minimum Gasteiger partial charge on any atom is -0.462 e. The highest BCUT2D eigenvalue weighted by Crippen LogP contribution is 2.18. The fraction of sp³-hybridized carbons (Fsp3) is 0.800. The van der Waals surface area contributed by atoms with Crippen molar-refractivity contribution in [3.05, 3.63) is 72.9 Å². The van der Waals surface area contributed by atoms with Crippen molar-refractivity contribution in [3.8, 4) is 0 Å². The summed E-state index contributed by atoms with van der Waals surface area (Å²) < 4.78 is 16.9. The van der Waals surface area contributed by atoms with E-state index < -0.39 is 6.10 Å². The van der Waals surface area contributed by atoms with Crippen LogP contribution in [0.5, 0.6) is 0 Å². The van der Waals surface area contributed by atoms with Crippen molar-refractivity contribution in [2.24, 2.45) is 0 Å². The number of rotatable bonds is 65. The van der Waals surface area contributed by atoms with E-state index in [0.717, 1.165) is 70.6 Å². The maximum absolute atomic E-state index is 12.9. The number of allylic oxidation sites excluding steroid dienone is 12. The van der Waals surface area contributed by atoms with Crippen molar-refractivity contribution in [3.63, 3.8) is 0 Å². The molecule has 81 heavy (non-hydrogen) atoms. The van der Waals surface area contributed by atoms with Crippen LogP contribution in [0, 0.1) is 0 Å². The van der Waals surface area contributed by atoms with Gasteiger partial charge in [0.05, 0.1) is 0 Å². The molecule has 0 spiro atoms. The normalized spacial score (nSPS) is 12.5. The predicted molar refractivity (Wildman–Crippen MR) is 353 cm³/mol. The number of ether oxygens (including phenoxy) is 3. The Labute approximate surface area is 503 Å². The first-order valence-corrected chi connectivity index (χ1v) is 35.4. The van der Waals surface area contributed by atoms with E-state index in [-0.39, 0.29) is 37.5 Å². The third-order valence-electron chi connectivity index (χ3n) is 15.7. The summed E-state index contributed by atoms with van der Waals surface area (Å²) in [5.74, 6) is -0.967. The molecule has 0 saturated heterocycles. The van der Waals surface area contributed by atoms with Gasteiger partial charge in [-0.3, -0.25) is 14.4 Å². The van der Waals surface area contributed by atoms with E-state index in [4.69, 9.17) is 14.2 Å². The van der Waals surface area contributed by atoms with Gasteiger partial charge in [0, 0.05) is 19.3 Å². The van der Waals surface area contributed by atoms with Crippen LogP contribution < -0.4 is 0 Å². The van der Waals surface area contributed by atoms with E-state index in [0.29, 0.717) is 19.3 Å². The molecule has 0 aliphatic carbocycles. The molecule has 0 rings (SSSR count). The number of hydrogen-bond donors (Lipinski definition) is 0. The molecule has 0 fully saturated rings. The van der Waals surface area contributed by atoms with E-state index >= 15 is 0 Å². The van der Waals surface area contributed by atoms with E-state index in [1.807, 2.05) is 6.08 Å². The second-order valence-electron chi connectivity index (χ2n) is 23.8. The Morgan fingerprint density at radius 1 is 0.259 bits per heavy atom. The summed E-state index contributed by atoms with van der Waals surface area (Å²) in [4.78, 5) is 38.3. The zero-order chi connectivity index (χ0) is 58.5. The topological polar surface area (TPSA) is 78.9 Å². The van der Waals surface area contributed by atoms with Crippen LogP contribution in [-0.4, -0.2) is 37.2 Å². The third-order valence-corrected chi connectivity index (χ3v) is 15.7. The first-order valence-electron chi connectivity index (χ1n) is 35.4. The van der Waals surface area contributed by atoms with Crippen molar-refractivity contribution in [1.82, 2.24) is 0 Å². The van der Waals surface area contributed by atoms with Gasteiger partial charge in [0.15, 0.2) is 6.10 Å². The van der Waals surface area contributed by atoms with Crippen LogP contribution in [0.25, 0.3) is 0 Å². The largest absolute Gasteiger partial charge is 0.462 e. The maximum atomic E-state index is 12.9. The maximum Gasteiger partial charge on any atom is 0.306 e. The minimum atomic E-state index is -0.807. The lowest BCUT2D eigenvalue weighted by Gasteiger charge is -2.18. The Morgan fingerprint density at radius 2 is 0.506 bits per heavy atom. The monoisotopic (exact) mass is 1130 g/mol. The number of hydrogen-bond acceptors (Lipinski definition) is 6. The zero-order valence-electron chi connectivity index (χ0n) is 54.1. The molecule has 0 radical (unpaired) electrons. The lowest BCUT2D eigenvalue weighted by atomic mass is 10.0. The van der Waals surface area contributed by atoms with Gasteiger partial charge in [-0.15, -0.1) is 0 Å². The van der Waals surface area contributed by atoms with Crippen LogP contribution in [-0.2, 0) is 28.6 Å². The molecule has 0 aliphatic rings. The minimum absolute atomic E-state index is 0.0960. The molecule has 6 heteroatoms. The summed E-state index contributed by atoms with van der Waals surface area (Å²) in [5, 5.41) is 0. The summed E-state index contributed by atoms with van der Waals surface area (Å²) >= 11 is 0. The van der Waals surface area contributed by atoms with Gasteiger partial charge in [-0.2, -0.15) is 0 Å². The molecule has 0 aromatic carbocycles. The second-order valence-corrected chi connectivity index (χ2v) is 23.8. The molecule has 0 aromatic heterocycles. The number of unbranched alkanes of at least 4 members (excludes halogenated alkanes) is 42. The fourth-order valence-electron chi connectivity index (χ4n) is 10.4. The van der Waals surface area contributed by atoms with Crippen molar-refractivity contribution in [2.75, 3.05) is 13.2 Å². The van der Waals surface area contributed by atoms with Gasteiger partial charge >= 0.3 is 17.9 Å². The Balaban J connectivity index is 4.24. The highest BCUT2D eigenvalue weighted by molar-refractivity contribution is 5.71. The Morgan fingerprint density at radius 3 is 0.827 bits per heavy atom. The van der Waals surface area contributed by atoms with Crippen LogP contribution in [0.4, 0.5) is 0 Å². The zero-order valence-corrected chi connectivity index (χ0v) is 54.1. The average molecular weight is 1130 g/mol. The van der Waals surface area contributed by atoms with Gasteiger partial charge in [0.2, 0.25) is 0 Å². The summed E-state index contributed by atoms with van der Waals surface area (Å²) in [6.45, 7) is 6.50. The molecule has 0 amide bonds. The van der Waals surface area contributed by atoms with Crippen molar-refractivity contribution < 1.29 is 28.6 Å². The predicted octanol–water partition coefficient (Wildman–Crippen LogP) is 24.4. The second kappa shape index (κ2) is 69.3. The molecule has 470 valence electrons. The summed E-state index contributed by atoms with van der Waals surface area (Å²) in [5.41, 5.74) is 0. The molecule has 0 bridgehead atoms. The van der Waals surface area contributed by atoms with Gasteiger partial charge in [-0.05, 0) is 77.0 Å². The standard InChI is InChI=1S/C75H134O6/c1-4-7-10-13-16-19-22-25-27-29-31-33-34-35-36-37-38-39-40-42-43-45-47-50-53-56-59-62-65-68-74(77)80-71-72(70-79-73(76)67-64-61-58-55-52-49-24-21-18-15-12-9-6-3)81-75(78)69-66-63-60-57-54-51-48-46-44-41-32-30-28-26-23-20-17-14-11-8-5-2/h9,12,18,21,23,26,30,32,49,52,58,61,72H,4-8,10-11,13-17,19-20,22,24-25,27-29,31,33-48,50-51,53-57,59-60,62-71H2,1-3H3/b12-9-,21-18-,26-23-,32-30-,52-49-,61-58-. The highest BCUT2D eigenvalue weighted by atomic mass is 16.6. The van der Waals surface area contributed by atoms with Gasteiger partial charge in [0.25, 0.3) is 0 Å². The van der Waals surface area contributed by atoms with E-state index in [9.17, 15) is 14.4 Å². The molecule has 6 nitrogen and oxygen atoms in total. The molecule has 0 aliphatic heterocycles. The van der Waals surface area contributed by atoms with Crippen molar-refractivity contribution >= 4 is 17.9 Å². The molecule has 1 unspecified atom stereocenters. The Kier molecular flexibility index (Phi) is 66.6. The molecule has 1 atom stereocenters. The smallest absolute Gasteiger partial charge is 0.306 e. The van der Waals surface area contributed by atoms with Gasteiger partial charge in [-0.1, -0.05) is 344 Å². The molecule has 0 N–H and O–H groups in total. The van der Waals surface area contributed by atoms with E-state index in [1.54, 1.807) is 0 Å². The van der Waals surface area contributed by atoms with Gasteiger partial charge in [0.1, 0.15) is 13.2 Å². The van der Waals surface area contributed by atoms with E-state index in [2.05, 4.69) is 87.6 Å². The Hall–Kier alpha value is -3.15. The lowest BCUT2D eigenvalue weighted by Crippen LogP contribution is -2.30. The first kappa shape index (κ1) is 77.9. The third kappa shape index (κ3) is 67.5. The first-order chi connectivity index (χ1) is 40.0. The number of esters is 3. The number of carbonyl (C=O) groups excluding carboxylic acids is 3. The van der Waals surface area contributed by atoms with Crippen LogP contribution in [0.1, 0.15) is 367 Å². The quantitative estimate of drug-likeness (QED) is 0.0261. The fourth-order valence-corrected chi connectivity index (χ4v) is 10.4. The SMILES string of the molecule is CC/C=C\C/C=C\C/C=C\C/C=C\CCC(=O)OCC(COC(=O)CCCCCCCCCCCCCCCCCCCCCCCCCCCCCCC)OC(=O)CCCCCCCCCCC/C=C\C/C=C\CCCCCCC. The molecule has 0 heterocycles. The average Bonchev–Trinajstić information content (AvgIpc) is 3.46.